The fourth-order valence-corrected chi connectivity index (χ4v) is 7.42. The van der Waals surface area contributed by atoms with E-state index in [1.165, 1.54) is 34.9 Å². The standard InChI is InChI=1S/C17H19ClN2O5S3/c1-9-10(2)26-16(14(9)17(22)25-3)19-15(21)11-5-4-8-20(11)28(23,24)13-7-6-12(18)27-13/h6-7,11H,4-5,8H2,1-3H3,(H,19,21). The molecule has 0 bridgehead atoms. The van der Waals surface area contributed by atoms with Gasteiger partial charge in [0.1, 0.15) is 15.3 Å². The second-order valence-corrected chi connectivity index (χ2v) is 11.4. The number of aryl methyl sites for hydroxylation is 1. The van der Waals surface area contributed by atoms with Gasteiger partial charge in [0.15, 0.2) is 0 Å². The average molecular weight is 463 g/mol. The molecule has 11 heteroatoms. The second-order valence-electron chi connectivity index (χ2n) is 6.30. The fourth-order valence-electron chi connectivity index (χ4n) is 3.10. The van der Waals surface area contributed by atoms with Crippen LogP contribution in [0.2, 0.25) is 4.34 Å². The van der Waals surface area contributed by atoms with Crippen molar-refractivity contribution >= 4 is 61.2 Å². The van der Waals surface area contributed by atoms with Gasteiger partial charge in [-0.15, -0.1) is 22.7 Å². The molecule has 152 valence electrons. The van der Waals surface area contributed by atoms with Gasteiger partial charge >= 0.3 is 5.97 Å². The molecule has 2 aromatic rings. The number of rotatable bonds is 5. The van der Waals surface area contributed by atoms with Gasteiger partial charge in [0.05, 0.1) is 17.0 Å². The van der Waals surface area contributed by atoms with Crippen LogP contribution in [0, 0.1) is 13.8 Å². The molecule has 3 rings (SSSR count). The Morgan fingerprint density at radius 3 is 2.61 bits per heavy atom. The van der Waals surface area contributed by atoms with Gasteiger partial charge in [0.2, 0.25) is 5.91 Å². The first-order chi connectivity index (χ1) is 13.2. The van der Waals surface area contributed by atoms with E-state index >= 15 is 0 Å². The molecule has 0 aliphatic carbocycles. The number of carbonyl (C=O) groups is 2. The third kappa shape index (κ3) is 3.84. The van der Waals surface area contributed by atoms with Crippen LogP contribution in [0.25, 0.3) is 0 Å². The summed E-state index contributed by atoms with van der Waals surface area (Å²) >= 11 is 8.09. The maximum absolute atomic E-state index is 12.9. The number of carbonyl (C=O) groups excluding carboxylic acids is 2. The molecular weight excluding hydrogens is 444 g/mol. The Kier molecular flexibility index (Phi) is 6.16. The minimum atomic E-state index is -3.82. The topological polar surface area (TPSA) is 92.8 Å². The zero-order chi connectivity index (χ0) is 20.6. The maximum atomic E-state index is 12.9. The number of sulfonamides is 1. The van der Waals surface area contributed by atoms with Gasteiger partial charge < -0.3 is 10.1 Å². The van der Waals surface area contributed by atoms with Crippen molar-refractivity contribution in [3.8, 4) is 0 Å². The van der Waals surface area contributed by atoms with Crippen molar-refractivity contribution in [3.63, 3.8) is 0 Å². The minimum absolute atomic E-state index is 0.107. The van der Waals surface area contributed by atoms with Gasteiger partial charge in [-0.3, -0.25) is 4.79 Å². The van der Waals surface area contributed by atoms with Gasteiger partial charge in [0, 0.05) is 11.4 Å². The molecular formula is C17H19ClN2O5S3. The Hall–Kier alpha value is -1.46. The summed E-state index contributed by atoms with van der Waals surface area (Å²) in [7, 11) is -2.54. The Morgan fingerprint density at radius 1 is 1.29 bits per heavy atom. The predicted molar refractivity (Wildman–Crippen MR) is 110 cm³/mol. The fraction of sp³-hybridized carbons (Fsp3) is 0.412. The van der Waals surface area contributed by atoms with E-state index in [9.17, 15) is 18.0 Å². The van der Waals surface area contributed by atoms with Crippen LogP contribution < -0.4 is 5.32 Å². The summed E-state index contributed by atoms with van der Waals surface area (Å²) in [5, 5.41) is 3.11. The Morgan fingerprint density at radius 2 is 2.00 bits per heavy atom. The van der Waals surface area contributed by atoms with E-state index in [0.29, 0.717) is 27.7 Å². The van der Waals surface area contributed by atoms with Crippen molar-refractivity contribution in [1.29, 1.82) is 0 Å². The SMILES string of the molecule is COC(=O)c1c(NC(=O)C2CCCN2S(=O)(=O)c2ccc(Cl)s2)sc(C)c1C. The Labute approximate surface area is 176 Å². The third-order valence-corrected chi connectivity index (χ3v) is 9.36. The van der Waals surface area contributed by atoms with Crippen LogP contribution in [0.5, 0.6) is 0 Å². The first kappa shape index (κ1) is 21.3. The number of nitrogens with one attached hydrogen (secondary N) is 1. The number of methoxy groups -OCH3 is 1. The van der Waals surface area contributed by atoms with Crippen LogP contribution in [0.4, 0.5) is 5.00 Å². The first-order valence-electron chi connectivity index (χ1n) is 8.43. The Bertz CT molecular complexity index is 1030. The predicted octanol–water partition coefficient (Wildman–Crippen LogP) is 3.66. The van der Waals surface area contributed by atoms with Gasteiger partial charge in [-0.25, -0.2) is 13.2 Å². The molecule has 0 spiro atoms. The average Bonchev–Trinajstić information content (AvgIpc) is 3.35. The van der Waals surface area contributed by atoms with Crippen molar-refractivity contribution in [2.45, 2.75) is 36.9 Å². The zero-order valence-corrected chi connectivity index (χ0v) is 18.6. The number of ether oxygens (including phenoxy) is 1. The van der Waals surface area contributed by atoms with Gasteiger partial charge in [-0.2, -0.15) is 4.31 Å². The van der Waals surface area contributed by atoms with Crippen molar-refractivity contribution in [1.82, 2.24) is 4.31 Å². The summed E-state index contributed by atoms with van der Waals surface area (Å²) in [5.41, 5.74) is 1.03. The lowest BCUT2D eigenvalue weighted by molar-refractivity contribution is -0.119. The molecule has 2 aromatic heterocycles. The highest BCUT2D eigenvalue weighted by Crippen LogP contribution is 2.35. The van der Waals surface area contributed by atoms with E-state index in [1.807, 2.05) is 6.92 Å². The summed E-state index contributed by atoms with van der Waals surface area (Å²) in [6.45, 7) is 3.87. The van der Waals surface area contributed by atoms with E-state index in [2.05, 4.69) is 5.32 Å². The summed E-state index contributed by atoms with van der Waals surface area (Å²) in [5.74, 6) is -1.00. The molecule has 1 aliphatic rings. The number of anilines is 1. The molecule has 1 unspecified atom stereocenters. The third-order valence-electron chi connectivity index (χ3n) is 4.63. The molecule has 1 aliphatic heterocycles. The Balaban J connectivity index is 1.87. The number of halogens is 1. The zero-order valence-electron chi connectivity index (χ0n) is 15.4. The lowest BCUT2D eigenvalue weighted by Gasteiger charge is -2.22. The van der Waals surface area contributed by atoms with Crippen molar-refractivity contribution in [2.75, 3.05) is 19.0 Å². The van der Waals surface area contributed by atoms with Crippen LogP contribution in [0.3, 0.4) is 0 Å². The molecule has 0 saturated carbocycles. The molecule has 7 nitrogen and oxygen atoms in total. The van der Waals surface area contributed by atoms with Crippen molar-refractivity contribution in [2.24, 2.45) is 0 Å². The van der Waals surface area contributed by atoms with Gasteiger partial charge in [-0.05, 0) is 44.4 Å². The van der Waals surface area contributed by atoms with Crippen LogP contribution in [-0.2, 0) is 19.6 Å². The lowest BCUT2D eigenvalue weighted by atomic mass is 10.1. The highest BCUT2D eigenvalue weighted by atomic mass is 35.5. The number of hydrogen-bond acceptors (Lipinski definition) is 7. The number of amides is 1. The van der Waals surface area contributed by atoms with Crippen molar-refractivity contribution in [3.05, 3.63) is 32.5 Å². The number of esters is 1. The summed E-state index contributed by atoms with van der Waals surface area (Å²) < 4.78 is 32.3. The number of hydrogen-bond donors (Lipinski definition) is 1. The summed E-state index contributed by atoms with van der Waals surface area (Å²) in [4.78, 5) is 25.9. The van der Waals surface area contributed by atoms with E-state index in [4.69, 9.17) is 16.3 Å². The van der Waals surface area contributed by atoms with E-state index in [-0.39, 0.29) is 10.8 Å². The van der Waals surface area contributed by atoms with Gasteiger partial charge in [0.25, 0.3) is 10.0 Å². The highest BCUT2D eigenvalue weighted by Gasteiger charge is 2.40. The van der Waals surface area contributed by atoms with Crippen molar-refractivity contribution < 1.29 is 22.7 Å². The molecule has 0 aromatic carbocycles. The van der Waals surface area contributed by atoms with Crippen LogP contribution >= 0.6 is 34.3 Å². The van der Waals surface area contributed by atoms with Crippen LogP contribution in [-0.4, -0.2) is 44.3 Å². The quantitative estimate of drug-likeness (QED) is 0.684. The lowest BCUT2D eigenvalue weighted by Crippen LogP contribution is -2.42. The summed E-state index contributed by atoms with van der Waals surface area (Å²) in [6, 6.07) is 2.11. The van der Waals surface area contributed by atoms with E-state index in [1.54, 1.807) is 6.92 Å². The van der Waals surface area contributed by atoms with E-state index in [0.717, 1.165) is 21.8 Å². The van der Waals surface area contributed by atoms with Crippen LogP contribution in [0.1, 0.15) is 33.6 Å². The monoisotopic (exact) mass is 462 g/mol. The molecule has 1 saturated heterocycles. The summed E-state index contributed by atoms with van der Waals surface area (Å²) in [6.07, 6.45) is 0.976. The number of nitrogens with zero attached hydrogens (tertiary/aromatic N) is 1. The van der Waals surface area contributed by atoms with E-state index < -0.39 is 27.9 Å². The molecule has 1 amide bonds. The van der Waals surface area contributed by atoms with Gasteiger partial charge in [-0.1, -0.05) is 11.6 Å². The molecule has 3 heterocycles. The molecule has 1 N–H and O–H groups in total. The molecule has 1 atom stereocenters. The highest BCUT2D eigenvalue weighted by molar-refractivity contribution is 7.91. The minimum Gasteiger partial charge on any atom is -0.465 e. The molecule has 28 heavy (non-hydrogen) atoms. The van der Waals surface area contributed by atoms with Crippen LogP contribution in [0.15, 0.2) is 16.3 Å². The molecule has 1 fully saturated rings. The smallest absolute Gasteiger partial charge is 0.341 e. The maximum Gasteiger partial charge on any atom is 0.341 e. The first-order valence-corrected chi connectivity index (χ1v) is 11.9. The largest absolute Gasteiger partial charge is 0.465 e. The molecule has 0 radical (unpaired) electrons. The number of thiophene rings is 2. The second kappa shape index (κ2) is 8.11. The normalized spacial score (nSPS) is 17.6.